The summed E-state index contributed by atoms with van der Waals surface area (Å²) in [5.41, 5.74) is 2.32. The first-order valence-corrected chi connectivity index (χ1v) is 13.2. The number of aromatic nitrogens is 1. The number of aromatic amines is 1. The zero-order chi connectivity index (χ0) is 22.0. The second-order valence-corrected chi connectivity index (χ2v) is 12.0. The molecule has 31 heavy (non-hydrogen) atoms. The van der Waals surface area contributed by atoms with Crippen LogP contribution < -0.4 is 4.31 Å². The maximum Gasteiger partial charge on any atom is 0.273 e. The highest BCUT2D eigenvalue weighted by atomic mass is 32.2. The largest absolute Gasteiger partial charge is 0.395 e. The number of anilines is 1. The lowest BCUT2D eigenvalue weighted by Gasteiger charge is -2.19. The number of rotatable bonds is 9. The molecule has 1 aromatic carbocycles. The molecule has 1 unspecified atom stereocenters. The van der Waals surface area contributed by atoms with Crippen LogP contribution in [0.1, 0.15) is 12.1 Å². The van der Waals surface area contributed by atoms with Gasteiger partial charge in [-0.3, -0.25) is 9.30 Å². The molecule has 4 rings (SSSR count). The van der Waals surface area contributed by atoms with Crippen LogP contribution >= 0.6 is 23.1 Å². The van der Waals surface area contributed by atoms with Crippen molar-refractivity contribution in [2.45, 2.75) is 15.9 Å². The fourth-order valence-electron chi connectivity index (χ4n) is 3.56. The van der Waals surface area contributed by atoms with Crippen LogP contribution in [-0.2, 0) is 10.0 Å². The molecule has 2 aromatic heterocycles. The molecule has 0 spiro atoms. The number of nitrogens with zero attached hydrogens (tertiary/aromatic N) is 3. The van der Waals surface area contributed by atoms with Gasteiger partial charge in [0.2, 0.25) is 0 Å². The Morgan fingerprint density at radius 1 is 1.23 bits per heavy atom. The Kier molecular flexibility index (Phi) is 6.73. The van der Waals surface area contributed by atoms with Gasteiger partial charge in [-0.25, -0.2) is 8.42 Å². The number of hydrogen-bond acceptors (Lipinski definition) is 7. The van der Waals surface area contributed by atoms with Crippen LogP contribution in [0.5, 0.6) is 0 Å². The topological polar surface area (TPSA) is 89.0 Å². The Labute approximate surface area is 190 Å². The monoisotopic (exact) mass is 478 g/mol. The molecule has 0 radical (unpaired) electrons. The average Bonchev–Trinajstić information content (AvgIpc) is 3.51. The molecule has 0 aliphatic carbocycles. The van der Waals surface area contributed by atoms with Crippen LogP contribution in [-0.4, -0.2) is 74.0 Å². The number of likely N-dealkylation sites (N-methyl/N-ethyl adjacent to an activating group) is 1. The van der Waals surface area contributed by atoms with Crippen molar-refractivity contribution in [2.24, 2.45) is 4.99 Å². The Balaban J connectivity index is 1.54. The van der Waals surface area contributed by atoms with Crippen LogP contribution in [0.3, 0.4) is 0 Å². The molecule has 1 aliphatic rings. The third kappa shape index (κ3) is 4.68. The molecule has 7 nitrogen and oxygen atoms in total. The van der Waals surface area contributed by atoms with E-state index < -0.39 is 10.0 Å². The lowest BCUT2D eigenvalue weighted by atomic mass is 10.2. The number of aliphatic hydroxyl groups excluding tert-OH is 1. The summed E-state index contributed by atoms with van der Waals surface area (Å²) >= 11 is 2.97. The standard InChI is InChI=1S/C21H26N4O3S3/c1-24(10-11-26)9-8-16-14-22-21(30-16)17-13-15-5-3-6-18(20(15)23-17)25(2)31(27,28)19-7-4-12-29-19/h3-7,12-13,16,23,26H,8-11,14H2,1-2H3. The van der Waals surface area contributed by atoms with E-state index in [1.54, 1.807) is 36.3 Å². The van der Waals surface area contributed by atoms with Crippen LogP contribution in [0.15, 0.2) is 51.0 Å². The van der Waals surface area contributed by atoms with Crippen LogP contribution in [0.2, 0.25) is 0 Å². The van der Waals surface area contributed by atoms with Gasteiger partial charge in [0.1, 0.15) is 9.25 Å². The summed E-state index contributed by atoms with van der Waals surface area (Å²) in [4.78, 5) is 10.3. The number of fused-ring (bicyclic) bond motifs is 1. The number of benzene rings is 1. The molecule has 10 heteroatoms. The van der Waals surface area contributed by atoms with Crippen LogP contribution in [0.25, 0.3) is 10.9 Å². The van der Waals surface area contributed by atoms with Gasteiger partial charge in [-0.15, -0.1) is 11.3 Å². The van der Waals surface area contributed by atoms with E-state index in [4.69, 9.17) is 10.1 Å². The number of sulfonamides is 1. The van der Waals surface area contributed by atoms with E-state index in [9.17, 15) is 8.42 Å². The highest BCUT2D eigenvalue weighted by molar-refractivity contribution is 8.15. The maximum absolute atomic E-state index is 13.0. The molecule has 166 valence electrons. The van der Waals surface area contributed by atoms with Crippen molar-refractivity contribution < 1.29 is 13.5 Å². The van der Waals surface area contributed by atoms with Gasteiger partial charge in [0.05, 0.1) is 30.0 Å². The second-order valence-electron chi connectivity index (χ2n) is 7.53. The number of aliphatic imine (C=N–C) groups is 1. The third-order valence-electron chi connectivity index (χ3n) is 5.35. The summed E-state index contributed by atoms with van der Waals surface area (Å²) in [6.45, 7) is 2.53. The molecule has 0 bridgehead atoms. The zero-order valence-corrected chi connectivity index (χ0v) is 19.9. The molecule has 3 heterocycles. The minimum atomic E-state index is -3.61. The van der Waals surface area contributed by atoms with Gasteiger partial charge in [-0.2, -0.15) is 0 Å². The summed E-state index contributed by atoms with van der Waals surface area (Å²) in [5.74, 6) is 0. The molecule has 3 aromatic rings. The summed E-state index contributed by atoms with van der Waals surface area (Å²) < 4.78 is 27.6. The van der Waals surface area contributed by atoms with E-state index >= 15 is 0 Å². The predicted molar refractivity (Wildman–Crippen MR) is 130 cm³/mol. The first-order valence-electron chi connectivity index (χ1n) is 10.0. The Bertz CT molecular complexity index is 1170. The summed E-state index contributed by atoms with van der Waals surface area (Å²) in [5, 5.41) is 13.1. The zero-order valence-electron chi connectivity index (χ0n) is 17.5. The number of para-hydroxylation sites is 1. The average molecular weight is 479 g/mol. The molecule has 0 saturated heterocycles. The predicted octanol–water partition coefficient (Wildman–Crippen LogP) is 3.23. The lowest BCUT2D eigenvalue weighted by molar-refractivity contribution is 0.220. The normalized spacial score (nSPS) is 16.9. The molecular weight excluding hydrogens is 452 g/mol. The van der Waals surface area contributed by atoms with Gasteiger partial charge >= 0.3 is 0 Å². The fourth-order valence-corrected chi connectivity index (χ4v) is 7.00. The number of H-pyrrole nitrogens is 1. The number of hydrogen-bond donors (Lipinski definition) is 2. The van der Waals surface area contributed by atoms with Gasteiger partial charge in [-0.05, 0) is 43.6 Å². The van der Waals surface area contributed by atoms with Crippen molar-refractivity contribution in [1.82, 2.24) is 9.88 Å². The van der Waals surface area contributed by atoms with E-state index in [1.165, 1.54) is 15.6 Å². The van der Waals surface area contributed by atoms with E-state index in [2.05, 4.69) is 9.88 Å². The first kappa shape index (κ1) is 22.3. The van der Waals surface area contributed by atoms with Crippen LogP contribution in [0.4, 0.5) is 5.69 Å². The first-order chi connectivity index (χ1) is 14.9. The second kappa shape index (κ2) is 9.33. The van der Waals surface area contributed by atoms with Gasteiger partial charge in [0, 0.05) is 24.2 Å². The molecular formula is C21H26N4O3S3. The number of thioether (sulfide) groups is 1. The Hall–Kier alpha value is -1.85. The smallest absolute Gasteiger partial charge is 0.273 e. The molecule has 2 N–H and O–H groups in total. The van der Waals surface area contributed by atoms with Crippen molar-refractivity contribution in [3.63, 3.8) is 0 Å². The Morgan fingerprint density at radius 2 is 2.06 bits per heavy atom. The molecule has 0 amide bonds. The van der Waals surface area contributed by atoms with Gasteiger partial charge in [0.25, 0.3) is 10.0 Å². The highest BCUT2D eigenvalue weighted by Gasteiger charge is 2.26. The third-order valence-corrected chi connectivity index (χ3v) is 9.78. The number of thiophene rings is 1. The highest BCUT2D eigenvalue weighted by Crippen LogP contribution is 2.34. The summed E-state index contributed by atoms with van der Waals surface area (Å²) in [6.07, 6.45) is 1.00. The molecule has 0 fully saturated rings. The summed E-state index contributed by atoms with van der Waals surface area (Å²) in [7, 11) is -0.00522. The van der Waals surface area contributed by atoms with Crippen molar-refractivity contribution in [2.75, 3.05) is 44.6 Å². The lowest BCUT2D eigenvalue weighted by Crippen LogP contribution is -2.26. The van der Waals surface area contributed by atoms with Crippen molar-refractivity contribution in [3.05, 3.63) is 47.5 Å². The van der Waals surface area contributed by atoms with Gasteiger partial charge in [-0.1, -0.05) is 30.0 Å². The van der Waals surface area contributed by atoms with Crippen molar-refractivity contribution >= 4 is 54.8 Å². The fraction of sp³-hybridized carbons (Fsp3) is 0.381. The van der Waals surface area contributed by atoms with Crippen LogP contribution in [0, 0.1) is 0 Å². The summed E-state index contributed by atoms with van der Waals surface area (Å²) in [6, 6.07) is 11.1. The number of aliphatic hydroxyl groups is 1. The minimum absolute atomic E-state index is 0.171. The molecule has 0 saturated carbocycles. The van der Waals surface area contributed by atoms with E-state index in [0.717, 1.165) is 41.2 Å². The van der Waals surface area contributed by atoms with E-state index in [0.29, 0.717) is 21.7 Å². The SMILES string of the molecule is CN(CCO)CCC1CN=C(c2cc3cccc(N(C)S(=O)(=O)c4cccs4)c3[nH]2)S1. The van der Waals surface area contributed by atoms with E-state index in [1.807, 2.05) is 31.3 Å². The van der Waals surface area contributed by atoms with Crippen molar-refractivity contribution in [1.29, 1.82) is 0 Å². The van der Waals surface area contributed by atoms with Gasteiger partial charge in [0.15, 0.2) is 0 Å². The number of nitrogens with one attached hydrogen (secondary N) is 1. The van der Waals surface area contributed by atoms with E-state index in [-0.39, 0.29) is 6.61 Å². The molecule has 1 aliphatic heterocycles. The Morgan fingerprint density at radius 3 is 2.81 bits per heavy atom. The molecule has 1 atom stereocenters. The minimum Gasteiger partial charge on any atom is -0.395 e. The maximum atomic E-state index is 13.0. The van der Waals surface area contributed by atoms with Crippen molar-refractivity contribution in [3.8, 4) is 0 Å². The van der Waals surface area contributed by atoms with Gasteiger partial charge < -0.3 is 15.0 Å². The quantitative estimate of drug-likeness (QED) is 0.493.